The summed E-state index contributed by atoms with van der Waals surface area (Å²) in [7, 11) is 1.97. The van der Waals surface area contributed by atoms with E-state index in [-0.39, 0.29) is 5.38 Å². The van der Waals surface area contributed by atoms with E-state index >= 15 is 0 Å². The highest BCUT2D eigenvalue weighted by molar-refractivity contribution is 6.22. The number of nitrogens with zero attached hydrogens (tertiary/aromatic N) is 4. The lowest BCUT2D eigenvalue weighted by atomic mass is 10.2. The molecule has 0 bridgehead atoms. The molecule has 1 N–H and O–H groups in total. The third-order valence-corrected chi connectivity index (χ3v) is 4.49. The molecule has 0 saturated heterocycles. The average Bonchev–Trinajstić information content (AvgIpc) is 3.14. The Kier molecular flexibility index (Phi) is 3.27. The summed E-state index contributed by atoms with van der Waals surface area (Å²) in [5.41, 5.74) is 7.78. The molecule has 0 aromatic carbocycles. The fourth-order valence-electron chi connectivity index (χ4n) is 2.95. The number of pyridine rings is 1. The summed E-state index contributed by atoms with van der Waals surface area (Å²) < 4.78 is 2.14. The number of fused-ring (bicyclic) bond motifs is 1. The summed E-state index contributed by atoms with van der Waals surface area (Å²) in [6.45, 7) is 2.68. The first kappa shape index (κ1) is 13.9. The fraction of sp³-hybridized carbons (Fsp3) is 0.438. The van der Waals surface area contributed by atoms with Crippen LogP contribution in [0.25, 0.3) is 5.65 Å². The Morgan fingerprint density at radius 3 is 2.86 bits per heavy atom. The van der Waals surface area contributed by atoms with Gasteiger partial charge in [0.25, 0.3) is 0 Å². The normalized spacial score (nSPS) is 19.9. The highest BCUT2D eigenvalue weighted by atomic mass is 35.5. The molecule has 5 nitrogen and oxygen atoms in total. The quantitative estimate of drug-likeness (QED) is 0.880. The molecule has 116 valence electrons. The Morgan fingerprint density at radius 1 is 1.36 bits per heavy atom. The molecule has 2 aromatic heterocycles. The Bertz CT molecular complexity index is 731. The number of hydrazine groups is 2. The lowest BCUT2D eigenvalue weighted by Crippen LogP contribution is -2.38. The molecular weight excluding hydrogens is 298 g/mol. The van der Waals surface area contributed by atoms with Crippen molar-refractivity contribution in [2.24, 2.45) is 0 Å². The number of imidazole rings is 1. The van der Waals surface area contributed by atoms with Crippen LogP contribution in [0.15, 0.2) is 36.4 Å². The maximum absolute atomic E-state index is 6.17. The molecule has 1 unspecified atom stereocenters. The number of alkyl halides is 1. The highest BCUT2D eigenvalue weighted by Crippen LogP contribution is 2.39. The van der Waals surface area contributed by atoms with E-state index in [4.69, 9.17) is 16.6 Å². The first-order chi connectivity index (χ1) is 10.6. The van der Waals surface area contributed by atoms with Gasteiger partial charge in [-0.3, -0.25) is 10.0 Å². The highest BCUT2D eigenvalue weighted by Gasteiger charge is 2.24. The van der Waals surface area contributed by atoms with Crippen LogP contribution in [0.4, 0.5) is 0 Å². The van der Waals surface area contributed by atoms with E-state index in [0.717, 1.165) is 23.0 Å². The van der Waals surface area contributed by atoms with E-state index in [2.05, 4.69) is 34.5 Å². The SMILES string of the molecule is CC(Cl)C1=CN(Cc2cn3cc(C4CC4)ccc3n2)NN1C. The van der Waals surface area contributed by atoms with Crippen molar-refractivity contribution in [3.8, 4) is 0 Å². The molecule has 1 aliphatic carbocycles. The van der Waals surface area contributed by atoms with Crippen LogP contribution >= 0.6 is 11.6 Å². The van der Waals surface area contributed by atoms with Gasteiger partial charge in [-0.25, -0.2) is 4.98 Å². The van der Waals surface area contributed by atoms with Crippen molar-refractivity contribution in [1.29, 1.82) is 0 Å². The molecule has 3 heterocycles. The zero-order valence-corrected chi connectivity index (χ0v) is 13.6. The Hall–Kier alpha value is -1.72. The number of hydrogen-bond acceptors (Lipinski definition) is 4. The van der Waals surface area contributed by atoms with E-state index in [9.17, 15) is 0 Å². The summed E-state index contributed by atoms with van der Waals surface area (Å²) in [5, 5.41) is 3.93. The van der Waals surface area contributed by atoms with E-state index in [1.165, 1.54) is 18.4 Å². The molecule has 1 aliphatic heterocycles. The van der Waals surface area contributed by atoms with Gasteiger partial charge in [0.05, 0.1) is 23.3 Å². The molecule has 6 heteroatoms. The third-order valence-electron chi connectivity index (χ3n) is 4.27. The molecule has 0 radical (unpaired) electrons. The minimum absolute atomic E-state index is 0.0235. The second kappa shape index (κ2) is 5.18. The van der Waals surface area contributed by atoms with E-state index in [1.807, 2.05) is 30.2 Å². The van der Waals surface area contributed by atoms with Crippen molar-refractivity contribution in [2.75, 3.05) is 7.05 Å². The van der Waals surface area contributed by atoms with E-state index < -0.39 is 0 Å². The second-order valence-electron chi connectivity index (χ2n) is 6.19. The molecule has 1 saturated carbocycles. The first-order valence-corrected chi connectivity index (χ1v) is 8.14. The molecule has 22 heavy (non-hydrogen) atoms. The first-order valence-electron chi connectivity index (χ1n) is 7.70. The van der Waals surface area contributed by atoms with Gasteiger partial charge in [0.1, 0.15) is 5.65 Å². The van der Waals surface area contributed by atoms with Crippen LogP contribution in [0.2, 0.25) is 0 Å². The van der Waals surface area contributed by atoms with E-state index in [0.29, 0.717) is 6.54 Å². The predicted octanol–water partition coefficient (Wildman–Crippen LogP) is 2.85. The van der Waals surface area contributed by atoms with Gasteiger partial charge in [0.2, 0.25) is 0 Å². The summed E-state index contributed by atoms with van der Waals surface area (Å²) in [4.78, 5) is 4.69. The molecule has 0 amide bonds. The van der Waals surface area contributed by atoms with Gasteiger partial charge in [0.15, 0.2) is 0 Å². The van der Waals surface area contributed by atoms with Crippen LogP contribution in [0.3, 0.4) is 0 Å². The smallest absolute Gasteiger partial charge is 0.137 e. The average molecular weight is 318 g/mol. The topological polar surface area (TPSA) is 35.8 Å². The molecular formula is C16H20ClN5. The summed E-state index contributed by atoms with van der Waals surface area (Å²) in [5.74, 6) is 0.764. The third kappa shape index (κ3) is 2.55. The standard InChI is InChI=1S/C16H20ClN5/c1-11(17)15-10-22(19-20(15)2)9-14-8-21-7-13(12-3-4-12)5-6-16(21)18-14/h5-8,10-12,19H,3-4,9H2,1-2H3. The number of aromatic nitrogens is 2. The van der Waals surface area contributed by atoms with Gasteiger partial charge in [-0.15, -0.1) is 17.1 Å². The van der Waals surface area contributed by atoms with Crippen molar-refractivity contribution in [3.05, 3.63) is 47.7 Å². The summed E-state index contributed by atoms with van der Waals surface area (Å²) >= 11 is 6.17. The van der Waals surface area contributed by atoms with Gasteiger partial charge in [-0.2, -0.15) is 0 Å². The Labute approximate surface area is 135 Å². The zero-order chi connectivity index (χ0) is 15.3. The Morgan fingerprint density at radius 2 is 2.18 bits per heavy atom. The fourth-order valence-corrected chi connectivity index (χ4v) is 3.15. The number of allylic oxidation sites excluding steroid dienone is 1. The maximum atomic E-state index is 6.17. The largest absolute Gasteiger partial charge is 0.306 e. The molecule has 2 aliphatic rings. The summed E-state index contributed by atoms with van der Waals surface area (Å²) in [6.07, 6.45) is 9.01. The number of rotatable bonds is 4. The van der Waals surface area contributed by atoms with Crippen LogP contribution in [-0.4, -0.2) is 31.8 Å². The number of halogens is 1. The van der Waals surface area contributed by atoms with Crippen LogP contribution in [-0.2, 0) is 6.54 Å². The van der Waals surface area contributed by atoms with Crippen molar-refractivity contribution >= 4 is 17.2 Å². The van der Waals surface area contributed by atoms with Gasteiger partial charge in [0, 0.05) is 25.6 Å². The summed E-state index contributed by atoms with van der Waals surface area (Å²) in [6, 6.07) is 4.32. The van der Waals surface area contributed by atoms with Crippen molar-refractivity contribution in [2.45, 2.75) is 37.6 Å². The number of hydrogen-bond donors (Lipinski definition) is 1. The van der Waals surface area contributed by atoms with Crippen molar-refractivity contribution < 1.29 is 0 Å². The van der Waals surface area contributed by atoms with Crippen molar-refractivity contribution in [3.63, 3.8) is 0 Å². The zero-order valence-electron chi connectivity index (χ0n) is 12.8. The van der Waals surface area contributed by atoms with Gasteiger partial charge in [-0.05, 0) is 37.3 Å². The number of nitrogens with one attached hydrogen (secondary N) is 1. The molecule has 1 atom stereocenters. The lowest BCUT2D eigenvalue weighted by Gasteiger charge is -2.20. The molecule has 4 rings (SSSR count). The van der Waals surface area contributed by atoms with Gasteiger partial charge < -0.3 is 4.40 Å². The minimum atomic E-state index is -0.0235. The predicted molar refractivity (Wildman–Crippen MR) is 87.0 cm³/mol. The van der Waals surface area contributed by atoms with Crippen LogP contribution in [0, 0.1) is 0 Å². The van der Waals surface area contributed by atoms with Gasteiger partial charge >= 0.3 is 0 Å². The lowest BCUT2D eigenvalue weighted by molar-refractivity contribution is 0.146. The van der Waals surface area contributed by atoms with Gasteiger partial charge in [-0.1, -0.05) is 6.07 Å². The second-order valence-corrected chi connectivity index (χ2v) is 6.85. The monoisotopic (exact) mass is 317 g/mol. The molecule has 1 fully saturated rings. The minimum Gasteiger partial charge on any atom is -0.306 e. The Balaban J connectivity index is 1.54. The van der Waals surface area contributed by atoms with Crippen LogP contribution in [0.1, 0.15) is 36.9 Å². The van der Waals surface area contributed by atoms with Crippen molar-refractivity contribution in [1.82, 2.24) is 24.9 Å². The van der Waals surface area contributed by atoms with Crippen LogP contribution in [0.5, 0.6) is 0 Å². The van der Waals surface area contributed by atoms with E-state index in [1.54, 1.807) is 0 Å². The molecule has 0 spiro atoms. The van der Waals surface area contributed by atoms with Crippen LogP contribution < -0.4 is 5.53 Å². The molecule has 2 aromatic rings. The maximum Gasteiger partial charge on any atom is 0.137 e.